The first kappa shape index (κ1) is 15.4. The van der Waals surface area contributed by atoms with Gasteiger partial charge in [-0.25, -0.2) is 0 Å². The summed E-state index contributed by atoms with van der Waals surface area (Å²) in [4.78, 5) is 6.96. The third kappa shape index (κ3) is 5.99. The van der Waals surface area contributed by atoms with Gasteiger partial charge in [-0.3, -0.25) is 9.88 Å². The van der Waals surface area contributed by atoms with Gasteiger partial charge in [-0.2, -0.15) is 0 Å². The summed E-state index contributed by atoms with van der Waals surface area (Å²) >= 11 is 0. The maximum absolute atomic E-state index is 5.57. The van der Waals surface area contributed by atoms with Crippen LogP contribution in [0.5, 0.6) is 0 Å². The van der Waals surface area contributed by atoms with E-state index in [0.717, 1.165) is 43.7 Å². The van der Waals surface area contributed by atoms with Crippen LogP contribution in [-0.4, -0.2) is 42.2 Å². The first-order valence-electron chi connectivity index (χ1n) is 7.62. The third-order valence-electron chi connectivity index (χ3n) is 3.37. The minimum Gasteiger partial charge on any atom is -0.377 e. The highest BCUT2D eigenvalue weighted by Gasteiger charge is 2.20. The van der Waals surface area contributed by atoms with Gasteiger partial charge in [-0.15, -0.1) is 0 Å². The molecular formula is C16H27N3O. The van der Waals surface area contributed by atoms with Gasteiger partial charge in [0.05, 0.1) is 24.1 Å². The van der Waals surface area contributed by atoms with Crippen molar-refractivity contribution in [1.82, 2.24) is 15.2 Å². The zero-order valence-electron chi connectivity index (χ0n) is 12.9. The van der Waals surface area contributed by atoms with Crippen molar-refractivity contribution in [3.05, 3.63) is 29.6 Å². The Morgan fingerprint density at radius 2 is 2.10 bits per heavy atom. The van der Waals surface area contributed by atoms with Crippen molar-refractivity contribution in [2.75, 3.05) is 20.2 Å². The second-order valence-electron chi connectivity index (χ2n) is 5.93. The first-order chi connectivity index (χ1) is 9.63. The summed E-state index contributed by atoms with van der Waals surface area (Å²) in [6.45, 7) is 7.61. The minimum absolute atomic E-state index is 0.304. The van der Waals surface area contributed by atoms with Crippen LogP contribution in [0.15, 0.2) is 18.2 Å². The lowest BCUT2D eigenvalue weighted by molar-refractivity contribution is 0.0625. The van der Waals surface area contributed by atoms with Crippen LogP contribution < -0.4 is 5.32 Å². The van der Waals surface area contributed by atoms with Crippen LogP contribution in [-0.2, 0) is 17.8 Å². The maximum atomic E-state index is 5.57. The van der Waals surface area contributed by atoms with E-state index in [4.69, 9.17) is 9.72 Å². The van der Waals surface area contributed by atoms with E-state index < -0.39 is 0 Å². The third-order valence-corrected chi connectivity index (χ3v) is 3.37. The van der Waals surface area contributed by atoms with Crippen LogP contribution in [0.25, 0.3) is 0 Å². The van der Waals surface area contributed by atoms with Gasteiger partial charge in [-0.05, 0) is 45.9 Å². The second kappa shape index (κ2) is 7.72. The van der Waals surface area contributed by atoms with Gasteiger partial charge < -0.3 is 10.1 Å². The largest absolute Gasteiger partial charge is 0.377 e. The lowest BCUT2D eigenvalue weighted by Gasteiger charge is -2.17. The first-order valence-corrected chi connectivity index (χ1v) is 7.62. The number of rotatable bonds is 9. The van der Waals surface area contributed by atoms with Crippen molar-refractivity contribution < 1.29 is 4.74 Å². The lowest BCUT2D eigenvalue weighted by atomic mass is 10.3. The topological polar surface area (TPSA) is 37.4 Å². The van der Waals surface area contributed by atoms with Gasteiger partial charge in [0.2, 0.25) is 0 Å². The molecule has 1 aliphatic carbocycles. The average Bonchev–Trinajstić information content (AvgIpc) is 3.20. The standard InChI is InChI=1S/C16H27N3O/c1-13(2)20-10-9-19(3)12-16-6-4-5-15(18-16)11-17-14-7-8-14/h4-6,13-14,17H,7-12H2,1-3H3. The molecule has 0 atom stereocenters. The molecule has 0 bridgehead atoms. The highest BCUT2D eigenvalue weighted by molar-refractivity contribution is 5.11. The molecule has 112 valence electrons. The van der Waals surface area contributed by atoms with Gasteiger partial charge in [0.25, 0.3) is 0 Å². The maximum Gasteiger partial charge on any atom is 0.0596 e. The summed E-state index contributed by atoms with van der Waals surface area (Å²) in [7, 11) is 2.11. The Kier molecular flexibility index (Phi) is 5.95. The molecule has 0 radical (unpaired) electrons. The Balaban J connectivity index is 1.74. The SMILES string of the molecule is CC(C)OCCN(C)Cc1cccc(CNC2CC2)n1. The average molecular weight is 277 g/mol. The molecule has 1 saturated carbocycles. The molecule has 1 heterocycles. The fourth-order valence-corrected chi connectivity index (χ4v) is 2.05. The van der Waals surface area contributed by atoms with Crippen LogP contribution in [0.1, 0.15) is 38.1 Å². The van der Waals surface area contributed by atoms with Crippen molar-refractivity contribution in [1.29, 1.82) is 0 Å². The Hall–Kier alpha value is -0.970. The Morgan fingerprint density at radius 3 is 2.80 bits per heavy atom. The molecule has 0 saturated heterocycles. The normalized spacial score (nSPS) is 15.2. The predicted octanol–water partition coefficient (Wildman–Crippen LogP) is 2.19. The molecule has 0 aromatic carbocycles. The highest BCUT2D eigenvalue weighted by Crippen LogP contribution is 2.19. The summed E-state index contributed by atoms with van der Waals surface area (Å²) in [6, 6.07) is 7.03. The number of hydrogen-bond acceptors (Lipinski definition) is 4. The molecule has 0 aliphatic heterocycles. The monoisotopic (exact) mass is 277 g/mol. The van der Waals surface area contributed by atoms with Crippen LogP contribution in [0.2, 0.25) is 0 Å². The van der Waals surface area contributed by atoms with E-state index in [1.807, 2.05) is 0 Å². The van der Waals surface area contributed by atoms with Crippen molar-refractivity contribution in [3.8, 4) is 0 Å². The Morgan fingerprint density at radius 1 is 1.35 bits per heavy atom. The summed E-state index contributed by atoms with van der Waals surface area (Å²) in [5, 5.41) is 3.50. The summed E-state index contributed by atoms with van der Waals surface area (Å²) in [5.41, 5.74) is 2.27. The van der Waals surface area contributed by atoms with Crippen LogP contribution in [0.4, 0.5) is 0 Å². The van der Waals surface area contributed by atoms with Gasteiger partial charge in [0.1, 0.15) is 0 Å². The van der Waals surface area contributed by atoms with Crippen LogP contribution in [0, 0.1) is 0 Å². The zero-order chi connectivity index (χ0) is 14.4. The van der Waals surface area contributed by atoms with Crippen molar-refractivity contribution in [2.24, 2.45) is 0 Å². The summed E-state index contributed by atoms with van der Waals surface area (Å²) < 4.78 is 5.57. The number of pyridine rings is 1. The molecule has 1 aromatic rings. The number of nitrogens with zero attached hydrogens (tertiary/aromatic N) is 2. The molecule has 1 aromatic heterocycles. The molecule has 0 spiro atoms. The van der Waals surface area contributed by atoms with E-state index in [1.54, 1.807) is 0 Å². The molecule has 4 nitrogen and oxygen atoms in total. The number of likely N-dealkylation sites (N-methyl/N-ethyl adjacent to an activating group) is 1. The van der Waals surface area contributed by atoms with Gasteiger partial charge in [0, 0.05) is 25.7 Å². The van der Waals surface area contributed by atoms with Crippen LogP contribution >= 0.6 is 0 Å². The van der Waals surface area contributed by atoms with Crippen LogP contribution in [0.3, 0.4) is 0 Å². The van der Waals surface area contributed by atoms with E-state index in [2.05, 4.69) is 49.3 Å². The van der Waals surface area contributed by atoms with Crippen molar-refractivity contribution >= 4 is 0 Å². The minimum atomic E-state index is 0.304. The predicted molar refractivity (Wildman–Crippen MR) is 81.5 cm³/mol. The number of aromatic nitrogens is 1. The van der Waals surface area contributed by atoms with Gasteiger partial charge in [-0.1, -0.05) is 6.07 Å². The quantitative estimate of drug-likeness (QED) is 0.751. The number of nitrogens with one attached hydrogen (secondary N) is 1. The van der Waals surface area contributed by atoms with Gasteiger partial charge >= 0.3 is 0 Å². The second-order valence-corrected chi connectivity index (χ2v) is 5.93. The molecule has 4 heteroatoms. The Labute approximate surface area is 122 Å². The van der Waals surface area contributed by atoms with Gasteiger partial charge in [0.15, 0.2) is 0 Å². The molecular weight excluding hydrogens is 250 g/mol. The molecule has 1 fully saturated rings. The fraction of sp³-hybridized carbons (Fsp3) is 0.688. The van der Waals surface area contributed by atoms with E-state index in [1.165, 1.54) is 12.8 Å². The van der Waals surface area contributed by atoms with E-state index in [0.29, 0.717) is 6.10 Å². The van der Waals surface area contributed by atoms with E-state index in [9.17, 15) is 0 Å². The summed E-state index contributed by atoms with van der Waals surface area (Å²) in [6.07, 6.45) is 2.94. The Bertz CT molecular complexity index is 404. The molecule has 0 unspecified atom stereocenters. The zero-order valence-corrected chi connectivity index (χ0v) is 12.9. The fourth-order valence-electron chi connectivity index (χ4n) is 2.05. The smallest absolute Gasteiger partial charge is 0.0596 e. The molecule has 0 amide bonds. The van der Waals surface area contributed by atoms with E-state index in [-0.39, 0.29) is 0 Å². The summed E-state index contributed by atoms with van der Waals surface area (Å²) in [5.74, 6) is 0. The lowest BCUT2D eigenvalue weighted by Crippen LogP contribution is -2.24. The molecule has 20 heavy (non-hydrogen) atoms. The van der Waals surface area contributed by atoms with E-state index >= 15 is 0 Å². The number of hydrogen-bond donors (Lipinski definition) is 1. The molecule has 1 aliphatic rings. The van der Waals surface area contributed by atoms with Crippen molar-refractivity contribution in [2.45, 2.75) is 51.9 Å². The van der Waals surface area contributed by atoms with Crippen molar-refractivity contribution in [3.63, 3.8) is 0 Å². The number of ether oxygens (including phenoxy) is 1. The highest BCUT2D eigenvalue weighted by atomic mass is 16.5. The molecule has 1 N–H and O–H groups in total. The molecule has 2 rings (SSSR count).